The predicted molar refractivity (Wildman–Crippen MR) is 99.7 cm³/mol. The van der Waals surface area contributed by atoms with Gasteiger partial charge in [-0.1, -0.05) is 30.3 Å². The number of carbonyl (C=O) groups excluding carboxylic acids is 2. The molecule has 0 bridgehead atoms. The second-order valence-electron chi connectivity index (χ2n) is 7.97. The first-order valence-corrected chi connectivity index (χ1v) is 9.09. The van der Waals surface area contributed by atoms with Crippen molar-refractivity contribution in [3.8, 4) is 0 Å². The van der Waals surface area contributed by atoms with Crippen LogP contribution in [-0.4, -0.2) is 46.3 Å². The lowest BCUT2D eigenvalue weighted by atomic mass is 9.95. The minimum Gasteiger partial charge on any atom is -0.369 e. The second kappa shape index (κ2) is 8.00. The number of nitrogens with two attached hydrogens (primary N) is 1. The van der Waals surface area contributed by atoms with Crippen molar-refractivity contribution in [1.29, 1.82) is 0 Å². The zero-order valence-corrected chi connectivity index (χ0v) is 15.9. The molecular formula is C20H31N3O2. The molecule has 2 amide bonds. The number of benzene rings is 1. The molecule has 1 aliphatic rings. The maximum absolute atomic E-state index is 13.2. The van der Waals surface area contributed by atoms with Crippen molar-refractivity contribution in [2.24, 2.45) is 11.7 Å². The molecule has 0 saturated carbocycles. The fourth-order valence-corrected chi connectivity index (χ4v) is 3.36. The molecule has 25 heavy (non-hydrogen) atoms. The van der Waals surface area contributed by atoms with E-state index in [1.165, 1.54) is 0 Å². The van der Waals surface area contributed by atoms with E-state index >= 15 is 0 Å². The maximum Gasteiger partial charge on any atom is 0.240 e. The SMILES string of the molecule is C[C@@H](C(=O)N(Cc1ccccc1)C(C)(C)C)N1CCC(C(N)=O)CC1. The number of likely N-dealkylation sites (tertiary alicyclic amines) is 1. The topological polar surface area (TPSA) is 66.6 Å². The Kier molecular flexibility index (Phi) is 6.22. The van der Waals surface area contributed by atoms with Crippen molar-refractivity contribution in [3.63, 3.8) is 0 Å². The normalized spacial score (nSPS) is 17.9. The number of piperidine rings is 1. The van der Waals surface area contributed by atoms with Crippen molar-refractivity contribution in [3.05, 3.63) is 35.9 Å². The molecule has 5 heteroatoms. The highest BCUT2D eigenvalue weighted by molar-refractivity contribution is 5.82. The van der Waals surface area contributed by atoms with Crippen molar-refractivity contribution in [1.82, 2.24) is 9.80 Å². The standard InChI is InChI=1S/C20H31N3O2/c1-15(22-12-10-17(11-13-22)18(21)24)19(25)23(20(2,3)4)14-16-8-6-5-7-9-16/h5-9,15,17H,10-14H2,1-4H3,(H2,21,24)/t15-/m0/s1. The van der Waals surface area contributed by atoms with Gasteiger partial charge in [0.15, 0.2) is 0 Å². The number of carbonyl (C=O) groups is 2. The maximum atomic E-state index is 13.2. The summed E-state index contributed by atoms with van der Waals surface area (Å²) in [4.78, 5) is 28.7. The quantitative estimate of drug-likeness (QED) is 0.891. The number of hydrogen-bond donors (Lipinski definition) is 1. The Morgan fingerprint density at radius 2 is 1.76 bits per heavy atom. The van der Waals surface area contributed by atoms with Crippen molar-refractivity contribution >= 4 is 11.8 Å². The van der Waals surface area contributed by atoms with Crippen LogP contribution in [0.2, 0.25) is 0 Å². The van der Waals surface area contributed by atoms with Crippen LogP contribution in [0, 0.1) is 5.92 Å². The van der Waals surface area contributed by atoms with E-state index in [0.717, 1.165) is 31.5 Å². The van der Waals surface area contributed by atoms with Gasteiger partial charge in [-0.25, -0.2) is 0 Å². The highest BCUT2D eigenvalue weighted by atomic mass is 16.2. The Morgan fingerprint density at radius 1 is 1.20 bits per heavy atom. The summed E-state index contributed by atoms with van der Waals surface area (Å²) in [5.41, 5.74) is 6.28. The van der Waals surface area contributed by atoms with Gasteiger partial charge < -0.3 is 10.6 Å². The molecule has 1 aromatic rings. The lowest BCUT2D eigenvalue weighted by molar-refractivity contribution is -0.142. The fourth-order valence-electron chi connectivity index (χ4n) is 3.36. The average Bonchev–Trinajstić information content (AvgIpc) is 2.58. The molecule has 2 rings (SSSR count). The molecule has 0 spiro atoms. The van der Waals surface area contributed by atoms with E-state index in [-0.39, 0.29) is 29.3 Å². The summed E-state index contributed by atoms with van der Waals surface area (Å²) in [6.45, 7) is 10.3. The van der Waals surface area contributed by atoms with Gasteiger partial charge in [-0.3, -0.25) is 14.5 Å². The molecule has 1 atom stereocenters. The van der Waals surface area contributed by atoms with Gasteiger partial charge in [0.25, 0.3) is 0 Å². The van der Waals surface area contributed by atoms with Gasteiger partial charge in [0, 0.05) is 18.0 Å². The van der Waals surface area contributed by atoms with Gasteiger partial charge in [0.2, 0.25) is 11.8 Å². The van der Waals surface area contributed by atoms with Crippen molar-refractivity contribution in [2.45, 2.75) is 58.7 Å². The van der Waals surface area contributed by atoms with E-state index in [4.69, 9.17) is 5.73 Å². The largest absolute Gasteiger partial charge is 0.369 e. The van der Waals surface area contributed by atoms with E-state index in [0.29, 0.717) is 6.54 Å². The van der Waals surface area contributed by atoms with E-state index in [2.05, 4.69) is 37.8 Å². The number of hydrogen-bond acceptors (Lipinski definition) is 3. The molecule has 0 aromatic heterocycles. The predicted octanol–water partition coefficient (Wildman–Crippen LogP) is 2.40. The van der Waals surface area contributed by atoms with Crippen molar-refractivity contribution < 1.29 is 9.59 Å². The first-order chi connectivity index (χ1) is 11.7. The molecule has 2 N–H and O–H groups in total. The van der Waals surface area contributed by atoms with E-state index in [1.807, 2.05) is 30.0 Å². The van der Waals surface area contributed by atoms with Crippen LogP contribution in [0.5, 0.6) is 0 Å². The number of amides is 2. The van der Waals surface area contributed by atoms with Crippen LogP contribution >= 0.6 is 0 Å². The van der Waals surface area contributed by atoms with Gasteiger partial charge in [0.05, 0.1) is 6.04 Å². The van der Waals surface area contributed by atoms with E-state index in [9.17, 15) is 9.59 Å². The zero-order valence-electron chi connectivity index (χ0n) is 15.9. The summed E-state index contributed by atoms with van der Waals surface area (Å²) in [6.07, 6.45) is 1.47. The number of primary amides is 1. The lowest BCUT2D eigenvalue weighted by Crippen LogP contribution is -2.55. The summed E-state index contributed by atoms with van der Waals surface area (Å²) in [5.74, 6) is -0.144. The summed E-state index contributed by atoms with van der Waals surface area (Å²) >= 11 is 0. The van der Waals surface area contributed by atoms with E-state index in [1.54, 1.807) is 0 Å². The van der Waals surface area contributed by atoms with Crippen LogP contribution < -0.4 is 5.73 Å². The third-order valence-corrected chi connectivity index (χ3v) is 5.10. The summed E-state index contributed by atoms with van der Waals surface area (Å²) in [7, 11) is 0. The van der Waals surface area contributed by atoms with Crippen LogP contribution in [0.15, 0.2) is 30.3 Å². The average molecular weight is 345 g/mol. The third-order valence-electron chi connectivity index (χ3n) is 5.10. The molecule has 1 aromatic carbocycles. The first kappa shape index (κ1) is 19.4. The second-order valence-corrected chi connectivity index (χ2v) is 7.97. The molecule has 1 fully saturated rings. The minimum absolute atomic E-state index is 0.0541. The summed E-state index contributed by atoms with van der Waals surface area (Å²) in [5, 5.41) is 0. The minimum atomic E-state index is -0.257. The Balaban J connectivity index is 2.07. The van der Waals surface area contributed by atoms with Gasteiger partial charge >= 0.3 is 0 Å². The van der Waals surface area contributed by atoms with Crippen LogP contribution in [0.4, 0.5) is 0 Å². The van der Waals surface area contributed by atoms with Crippen LogP contribution in [-0.2, 0) is 16.1 Å². The molecule has 1 aliphatic heterocycles. The lowest BCUT2D eigenvalue weighted by Gasteiger charge is -2.41. The molecule has 1 heterocycles. The Hall–Kier alpha value is -1.88. The number of rotatable bonds is 5. The molecule has 138 valence electrons. The first-order valence-electron chi connectivity index (χ1n) is 9.09. The molecule has 0 aliphatic carbocycles. The van der Waals surface area contributed by atoms with E-state index < -0.39 is 0 Å². The summed E-state index contributed by atoms with van der Waals surface area (Å²) in [6, 6.07) is 9.89. The van der Waals surface area contributed by atoms with Crippen LogP contribution in [0.25, 0.3) is 0 Å². The van der Waals surface area contributed by atoms with Gasteiger partial charge in [-0.15, -0.1) is 0 Å². The highest BCUT2D eigenvalue weighted by Crippen LogP contribution is 2.23. The molecule has 0 radical (unpaired) electrons. The molecule has 5 nitrogen and oxygen atoms in total. The fraction of sp³-hybridized carbons (Fsp3) is 0.600. The van der Waals surface area contributed by atoms with Gasteiger partial charge in [0.1, 0.15) is 0 Å². The summed E-state index contributed by atoms with van der Waals surface area (Å²) < 4.78 is 0. The van der Waals surface area contributed by atoms with Crippen molar-refractivity contribution in [2.75, 3.05) is 13.1 Å². The Bertz CT molecular complexity index is 587. The highest BCUT2D eigenvalue weighted by Gasteiger charge is 2.34. The molecule has 0 unspecified atom stereocenters. The van der Waals surface area contributed by atoms with Gasteiger partial charge in [-0.2, -0.15) is 0 Å². The van der Waals surface area contributed by atoms with Crippen LogP contribution in [0.1, 0.15) is 46.1 Å². The Labute approximate surface area is 151 Å². The molecular weight excluding hydrogens is 314 g/mol. The Morgan fingerprint density at radius 3 is 2.24 bits per heavy atom. The third kappa shape index (κ3) is 5.05. The smallest absolute Gasteiger partial charge is 0.240 e. The van der Waals surface area contributed by atoms with Crippen LogP contribution in [0.3, 0.4) is 0 Å². The zero-order chi connectivity index (χ0) is 18.6. The number of nitrogens with zero attached hydrogens (tertiary/aromatic N) is 2. The van der Waals surface area contributed by atoms with Gasteiger partial charge in [-0.05, 0) is 59.2 Å². The monoisotopic (exact) mass is 345 g/mol. The molecule has 1 saturated heterocycles.